The molecular formula is C17H14N2O4S. The van der Waals surface area contributed by atoms with Gasteiger partial charge in [0, 0.05) is 0 Å². The van der Waals surface area contributed by atoms with Gasteiger partial charge in [-0.25, -0.2) is 4.98 Å². The minimum Gasteiger partial charge on any atom is -0.494 e. The Bertz CT molecular complexity index is 908. The van der Waals surface area contributed by atoms with E-state index in [1.54, 1.807) is 13.2 Å². The van der Waals surface area contributed by atoms with Crippen molar-refractivity contribution in [2.24, 2.45) is 0 Å². The summed E-state index contributed by atoms with van der Waals surface area (Å²) in [5.74, 6) is 1.60. The summed E-state index contributed by atoms with van der Waals surface area (Å²) in [5.41, 5.74) is 0.728. The van der Waals surface area contributed by atoms with Crippen molar-refractivity contribution in [3.63, 3.8) is 0 Å². The van der Waals surface area contributed by atoms with Crippen LogP contribution in [-0.4, -0.2) is 30.7 Å². The number of carbonyl (C=O) groups is 1. The van der Waals surface area contributed by atoms with E-state index in [4.69, 9.17) is 14.2 Å². The molecular weight excluding hydrogens is 328 g/mol. The Hall–Kier alpha value is -2.80. The van der Waals surface area contributed by atoms with Crippen molar-refractivity contribution in [2.75, 3.05) is 19.0 Å². The Morgan fingerprint density at radius 3 is 2.92 bits per heavy atom. The lowest BCUT2D eigenvalue weighted by molar-refractivity contribution is -0.125. The molecule has 1 aromatic heterocycles. The third-order valence-electron chi connectivity index (χ3n) is 3.63. The van der Waals surface area contributed by atoms with E-state index in [2.05, 4.69) is 10.3 Å². The van der Waals surface area contributed by atoms with Gasteiger partial charge < -0.3 is 14.2 Å². The van der Waals surface area contributed by atoms with Crippen molar-refractivity contribution in [2.45, 2.75) is 6.10 Å². The van der Waals surface area contributed by atoms with Crippen molar-refractivity contribution in [1.82, 2.24) is 4.98 Å². The quantitative estimate of drug-likeness (QED) is 0.792. The predicted molar refractivity (Wildman–Crippen MR) is 91.2 cm³/mol. The summed E-state index contributed by atoms with van der Waals surface area (Å²) in [6, 6.07) is 12.9. The van der Waals surface area contributed by atoms with Gasteiger partial charge in [-0.15, -0.1) is 0 Å². The van der Waals surface area contributed by atoms with E-state index in [0.717, 1.165) is 10.2 Å². The van der Waals surface area contributed by atoms with Gasteiger partial charge in [-0.05, 0) is 24.3 Å². The zero-order valence-electron chi connectivity index (χ0n) is 12.8. The minimum atomic E-state index is -0.714. The van der Waals surface area contributed by atoms with E-state index in [9.17, 15) is 4.79 Å². The molecule has 0 spiro atoms. The van der Waals surface area contributed by atoms with Gasteiger partial charge in [-0.1, -0.05) is 29.5 Å². The minimum absolute atomic E-state index is 0.164. The van der Waals surface area contributed by atoms with Crippen molar-refractivity contribution < 1.29 is 19.0 Å². The van der Waals surface area contributed by atoms with E-state index in [1.165, 1.54) is 11.3 Å². The SMILES string of the molecule is COc1cccc2sc(NC(=O)[C@@H]3COc4ccccc4O3)nc12. The summed E-state index contributed by atoms with van der Waals surface area (Å²) in [7, 11) is 1.59. The molecule has 0 saturated carbocycles. The van der Waals surface area contributed by atoms with E-state index >= 15 is 0 Å². The van der Waals surface area contributed by atoms with Gasteiger partial charge in [0.05, 0.1) is 11.8 Å². The number of para-hydroxylation sites is 3. The molecule has 0 fully saturated rings. The van der Waals surface area contributed by atoms with Gasteiger partial charge in [0.25, 0.3) is 5.91 Å². The number of amides is 1. The van der Waals surface area contributed by atoms with Crippen LogP contribution >= 0.6 is 11.3 Å². The number of fused-ring (bicyclic) bond motifs is 2. The molecule has 4 rings (SSSR count). The average molecular weight is 342 g/mol. The molecule has 0 unspecified atom stereocenters. The van der Waals surface area contributed by atoms with Crippen LogP contribution in [0.25, 0.3) is 10.2 Å². The second-order valence-corrected chi connectivity index (χ2v) is 6.21. The Morgan fingerprint density at radius 2 is 2.08 bits per heavy atom. The lowest BCUT2D eigenvalue weighted by atomic mass is 10.2. The average Bonchev–Trinajstić information content (AvgIpc) is 3.03. The molecule has 1 amide bonds. The molecule has 1 atom stereocenters. The Labute approximate surface area is 142 Å². The highest BCUT2D eigenvalue weighted by molar-refractivity contribution is 7.22. The standard InChI is InChI=1S/C17H14N2O4S/c1-21-12-7-4-8-14-15(12)18-17(24-14)19-16(20)13-9-22-10-5-2-3-6-11(10)23-13/h2-8,13H,9H2,1H3,(H,18,19,20)/t13-/m0/s1. The first kappa shape index (κ1) is 14.8. The maximum Gasteiger partial charge on any atom is 0.270 e. The molecule has 0 radical (unpaired) electrons. The van der Waals surface area contributed by atoms with Crippen molar-refractivity contribution in [3.8, 4) is 17.2 Å². The van der Waals surface area contributed by atoms with Gasteiger partial charge in [0.15, 0.2) is 16.6 Å². The normalized spacial score (nSPS) is 16.0. The first-order chi connectivity index (χ1) is 11.7. The molecule has 24 heavy (non-hydrogen) atoms. The fourth-order valence-corrected chi connectivity index (χ4v) is 3.36. The molecule has 1 N–H and O–H groups in total. The summed E-state index contributed by atoms with van der Waals surface area (Å²) < 4.78 is 17.5. The van der Waals surface area contributed by atoms with Gasteiger partial charge in [-0.2, -0.15) is 0 Å². The number of benzene rings is 2. The number of rotatable bonds is 3. The van der Waals surface area contributed by atoms with Gasteiger partial charge in [0.1, 0.15) is 17.9 Å². The summed E-state index contributed by atoms with van der Waals surface area (Å²) in [6.07, 6.45) is -0.714. The zero-order chi connectivity index (χ0) is 16.5. The number of thiazole rings is 1. The fraction of sp³-hybridized carbons (Fsp3) is 0.176. The molecule has 1 aliphatic rings. The lowest BCUT2D eigenvalue weighted by Crippen LogP contribution is -2.40. The second-order valence-electron chi connectivity index (χ2n) is 5.18. The second kappa shape index (κ2) is 6.01. The van der Waals surface area contributed by atoms with Crippen molar-refractivity contribution in [1.29, 1.82) is 0 Å². The summed E-state index contributed by atoms with van der Waals surface area (Å²) in [6.45, 7) is 0.164. The summed E-state index contributed by atoms with van der Waals surface area (Å²) >= 11 is 1.39. The highest BCUT2D eigenvalue weighted by Crippen LogP contribution is 2.33. The molecule has 0 bridgehead atoms. The van der Waals surface area contributed by atoms with Crippen LogP contribution in [0.2, 0.25) is 0 Å². The predicted octanol–water partition coefficient (Wildman–Crippen LogP) is 3.08. The van der Waals surface area contributed by atoms with Crippen LogP contribution in [0, 0.1) is 0 Å². The molecule has 7 heteroatoms. The number of aromatic nitrogens is 1. The number of methoxy groups -OCH3 is 1. The van der Waals surface area contributed by atoms with Crippen LogP contribution in [0.3, 0.4) is 0 Å². The topological polar surface area (TPSA) is 69.7 Å². The number of hydrogen-bond acceptors (Lipinski definition) is 6. The maximum atomic E-state index is 12.4. The van der Waals surface area contributed by atoms with Crippen LogP contribution in [0.4, 0.5) is 5.13 Å². The Morgan fingerprint density at radius 1 is 1.25 bits per heavy atom. The number of carbonyl (C=O) groups excluding carboxylic acids is 1. The van der Waals surface area contributed by atoms with Crippen LogP contribution < -0.4 is 19.5 Å². The number of anilines is 1. The van der Waals surface area contributed by atoms with E-state index in [0.29, 0.717) is 22.4 Å². The number of nitrogens with one attached hydrogen (secondary N) is 1. The van der Waals surface area contributed by atoms with Crippen LogP contribution in [0.5, 0.6) is 17.2 Å². The Balaban J connectivity index is 1.53. The highest BCUT2D eigenvalue weighted by atomic mass is 32.1. The monoisotopic (exact) mass is 342 g/mol. The smallest absolute Gasteiger partial charge is 0.270 e. The molecule has 2 heterocycles. The fourth-order valence-electron chi connectivity index (χ4n) is 2.48. The van der Waals surface area contributed by atoms with Crippen LogP contribution in [0.1, 0.15) is 0 Å². The van der Waals surface area contributed by atoms with E-state index in [1.807, 2.05) is 36.4 Å². The highest BCUT2D eigenvalue weighted by Gasteiger charge is 2.28. The largest absolute Gasteiger partial charge is 0.494 e. The summed E-state index contributed by atoms with van der Waals surface area (Å²) in [5, 5.41) is 3.29. The molecule has 0 saturated heterocycles. The Kier molecular flexibility index (Phi) is 3.70. The molecule has 1 aliphatic heterocycles. The first-order valence-electron chi connectivity index (χ1n) is 7.37. The number of ether oxygens (including phenoxy) is 3. The van der Waals surface area contributed by atoms with Crippen molar-refractivity contribution >= 4 is 32.6 Å². The number of hydrogen-bond donors (Lipinski definition) is 1. The number of nitrogens with zero attached hydrogens (tertiary/aromatic N) is 1. The molecule has 6 nitrogen and oxygen atoms in total. The van der Waals surface area contributed by atoms with Crippen LogP contribution in [-0.2, 0) is 4.79 Å². The van der Waals surface area contributed by atoms with Crippen LogP contribution in [0.15, 0.2) is 42.5 Å². The zero-order valence-corrected chi connectivity index (χ0v) is 13.6. The maximum absolute atomic E-state index is 12.4. The molecule has 2 aromatic carbocycles. The van der Waals surface area contributed by atoms with Gasteiger partial charge in [0.2, 0.25) is 6.10 Å². The van der Waals surface area contributed by atoms with E-state index in [-0.39, 0.29) is 12.5 Å². The van der Waals surface area contributed by atoms with Gasteiger partial charge >= 0.3 is 0 Å². The lowest BCUT2D eigenvalue weighted by Gasteiger charge is -2.25. The van der Waals surface area contributed by atoms with Gasteiger partial charge in [-0.3, -0.25) is 10.1 Å². The third-order valence-corrected chi connectivity index (χ3v) is 4.57. The van der Waals surface area contributed by atoms with E-state index < -0.39 is 6.10 Å². The van der Waals surface area contributed by atoms with Crippen molar-refractivity contribution in [3.05, 3.63) is 42.5 Å². The summed E-state index contributed by atoms with van der Waals surface area (Å²) in [4.78, 5) is 16.9. The molecule has 0 aliphatic carbocycles. The molecule has 122 valence electrons. The third kappa shape index (κ3) is 2.63. The first-order valence-corrected chi connectivity index (χ1v) is 8.19. The molecule has 3 aromatic rings.